The summed E-state index contributed by atoms with van der Waals surface area (Å²) in [5.41, 5.74) is -0.0824. The Hall–Kier alpha value is -4.16. The predicted octanol–water partition coefficient (Wildman–Crippen LogP) is 6.40. The number of aromatic nitrogens is 4. The number of nitrogens with zero attached hydrogens (tertiary/aromatic N) is 5. The zero-order valence-corrected chi connectivity index (χ0v) is 22.0. The number of urea groups is 1. The number of nitrogens with one attached hydrogen (secondary N) is 2. The van der Waals surface area contributed by atoms with Crippen molar-refractivity contribution in [3.05, 3.63) is 77.7 Å². The molecule has 0 spiro atoms. The minimum atomic E-state index is -4.64. The highest BCUT2D eigenvalue weighted by Crippen LogP contribution is 2.36. The van der Waals surface area contributed by atoms with Crippen LogP contribution >= 0.6 is 11.6 Å². The molecule has 2 aromatic heterocycles. The molecule has 4 rings (SSSR count). The lowest BCUT2D eigenvalue weighted by Crippen LogP contribution is -2.29. The van der Waals surface area contributed by atoms with Crippen LogP contribution in [0.1, 0.15) is 12.5 Å². The van der Waals surface area contributed by atoms with Crippen molar-refractivity contribution in [1.82, 2.24) is 24.6 Å². The fourth-order valence-electron chi connectivity index (χ4n) is 3.49. The van der Waals surface area contributed by atoms with Gasteiger partial charge in [0.25, 0.3) is 0 Å². The van der Waals surface area contributed by atoms with Crippen LogP contribution in [0.15, 0.2) is 67.1 Å². The third-order valence-electron chi connectivity index (χ3n) is 5.80. The van der Waals surface area contributed by atoms with Crippen LogP contribution in [-0.4, -0.2) is 50.8 Å². The Bertz CT molecular complexity index is 1440. The first-order valence-electron chi connectivity index (χ1n) is 11.7. The van der Waals surface area contributed by atoms with Gasteiger partial charge in [0.1, 0.15) is 23.5 Å². The van der Waals surface area contributed by atoms with Crippen LogP contribution in [0.25, 0.3) is 11.5 Å². The number of alkyl halides is 3. The van der Waals surface area contributed by atoms with E-state index in [1.165, 1.54) is 6.07 Å². The predicted molar refractivity (Wildman–Crippen MR) is 142 cm³/mol. The monoisotopic (exact) mass is 559 g/mol. The number of carbonyl (C=O) groups is 1. The number of carbonyl (C=O) groups excluding carboxylic acids is 1. The third-order valence-corrected chi connectivity index (χ3v) is 6.13. The van der Waals surface area contributed by atoms with Gasteiger partial charge in [0.15, 0.2) is 5.82 Å². The number of amides is 2. The number of anilines is 2. The Morgan fingerprint density at radius 2 is 1.74 bits per heavy atom. The number of pyridine rings is 1. The molecule has 0 saturated carbocycles. The second-order valence-corrected chi connectivity index (χ2v) is 9.30. The molecule has 0 fully saturated rings. The minimum Gasteiger partial charge on any atom is -0.457 e. The standard InChI is InChI=1S/C26H25ClF3N7O2/c1-16(36(2)3)14-37-15-32-35-24(37)23-13-20(10-11-31-23)39-19-7-4-17(5-8-19)33-25(38)34-18-6-9-22(27)21(12-18)26(28,29)30/h4-13,15-16H,14H2,1-3H3,(H2,33,34,38). The van der Waals surface area contributed by atoms with Gasteiger partial charge in [-0.25, -0.2) is 4.79 Å². The number of ether oxygens (including phenoxy) is 1. The van der Waals surface area contributed by atoms with Crippen LogP contribution in [0, 0.1) is 0 Å². The smallest absolute Gasteiger partial charge is 0.417 e. The molecule has 0 aliphatic rings. The van der Waals surface area contributed by atoms with Crippen LogP contribution in [0.2, 0.25) is 5.02 Å². The van der Waals surface area contributed by atoms with E-state index in [1.807, 2.05) is 18.7 Å². The Morgan fingerprint density at radius 1 is 1.05 bits per heavy atom. The van der Waals surface area contributed by atoms with E-state index in [0.29, 0.717) is 35.2 Å². The summed E-state index contributed by atoms with van der Waals surface area (Å²) >= 11 is 5.62. The molecule has 2 heterocycles. The highest BCUT2D eigenvalue weighted by molar-refractivity contribution is 6.31. The third kappa shape index (κ3) is 7.24. The summed E-state index contributed by atoms with van der Waals surface area (Å²) in [4.78, 5) is 18.8. The van der Waals surface area contributed by atoms with Gasteiger partial charge in [-0.05, 0) is 69.6 Å². The van der Waals surface area contributed by atoms with Crippen molar-refractivity contribution in [2.24, 2.45) is 0 Å². The van der Waals surface area contributed by atoms with Gasteiger partial charge in [-0.3, -0.25) is 4.98 Å². The zero-order valence-electron chi connectivity index (χ0n) is 21.2. The first-order chi connectivity index (χ1) is 18.5. The first-order valence-corrected chi connectivity index (χ1v) is 12.1. The molecule has 9 nitrogen and oxygen atoms in total. The van der Waals surface area contributed by atoms with Gasteiger partial charge < -0.3 is 24.8 Å². The van der Waals surface area contributed by atoms with E-state index in [4.69, 9.17) is 16.3 Å². The normalized spacial score (nSPS) is 12.3. The molecule has 13 heteroatoms. The van der Waals surface area contributed by atoms with Gasteiger partial charge in [0.2, 0.25) is 0 Å². The van der Waals surface area contributed by atoms with Crippen molar-refractivity contribution >= 4 is 29.0 Å². The molecular formula is C26H25ClF3N7O2. The van der Waals surface area contributed by atoms with Crippen LogP contribution in [0.4, 0.5) is 29.3 Å². The maximum atomic E-state index is 13.1. The van der Waals surface area contributed by atoms with Gasteiger partial charge in [-0.15, -0.1) is 10.2 Å². The van der Waals surface area contributed by atoms with E-state index < -0.39 is 22.8 Å². The number of hydrogen-bond donors (Lipinski definition) is 2. The molecule has 0 aliphatic heterocycles. The summed E-state index contributed by atoms with van der Waals surface area (Å²) in [6.45, 7) is 2.78. The van der Waals surface area contributed by atoms with E-state index in [9.17, 15) is 18.0 Å². The van der Waals surface area contributed by atoms with E-state index in [0.717, 1.165) is 12.1 Å². The van der Waals surface area contributed by atoms with Crippen molar-refractivity contribution in [3.63, 3.8) is 0 Å². The highest BCUT2D eigenvalue weighted by Gasteiger charge is 2.33. The lowest BCUT2D eigenvalue weighted by atomic mass is 10.2. The topological polar surface area (TPSA) is 97.2 Å². The van der Waals surface area contributed by atoms with Gasteiger partial charge in [0, 0.05) is 36.2 Å². The lowest BCUT2D eigenvalue weighted by Gasteiger charge is -2.20. The fraction of sp³-hybridized carbons (Fsp3) is 0.231. The molecule has 1 atom stereocenters. The van der Waals surface area contributed by atoms with Crippen molar-refractivity contribution in [2.45, 2.75) is 25.7 Å². The van der Waals surface area contributed by atoms with Crippen LogP contribution < -0.4 is 15.4 Å². The molecule has 1 unspecified atom stereocenters. The molecule has 0 aliphatic carbocycles. The van der Waals surface area contributed by atoms with Gasteiger partial charge in [-0.1, -0.05) is 11.6 Å². The van der Waals surface area contributed by atoms with Crippen LogP contribution in [0.3, 0.4) is 0 Å². The molecule has 0 radical (unpaired) electrons. The molecule has 0 saturated heterocycles. The average Bonchev–Trinajstić information content (AvgIpc) is 3.34. The zero-order chi connectivity index (χ0) is 28.2. The largest absolute Gasteiger partial charge is 0.457 e. The van der Waals surface area contributed by atoms with Crippen molar-refractivity contribution in [1.29, 1.82) is 0 Å². The van der Waals surface area contributed by atoms with Gasteiger partial charge in [-0.2, -0.15) is 13.2 Å². The second kappa shape index (κ2) is 11.7. The summed E-state index contributed by atoms with van der Waals surface area (Å²) in [7, 11) is 4.00. The number of likely N-dealkylation sites (N-methyl/N-ethyl adjacent to an activating group) is 1. The van der Waals surface area contributed by atoms with Crippen molar-refractivity contribution < 1.29 is 22.7 Å². The second-order valence-electron chi connectivity index (χ2n) is 8.89. The van der Waals surface area contributed by atoms with Gasteiger partial charge >= 0.3 is 12.2 Å². The molecule has 0 bridgehead atoms. The Labute approximate surface area is 227 Å². The maximum absolute atomic E-state index is 13.1. The molecule has 39 heavy (non-hydrogen) atoms. The number of halogens is 4. The fourth-order valence-corrected chi connectivity index (χ4v) is 3.71. The average molecular weight is 560 g/mol. The Kier molecular flexibility index (Phi) is 8.36. The molecule has 204 valence electrons. The van der Waals surface area contributed by atoms with E-state index in [-0.39, 0.29) is 11.7 Å². The van der Waals surface area contributed by atoms with E-state index >= 15 is 0 Å². The first kappa shape index (κ1) is 27.9. The van der Waals surface area contributed by atoms with Crippen LogP contribution in [-0.2, 0) is 12.7 Å². The quantitative estimate of drug-likeness (QED) is 0.259. The van der Waals surface area contributed by atoms with E-state index in [2.05, 4.69) is 37.6 Å². The molecule has 2 aromatic carbocycles. The Balaban J connectivity index is 1.39. The van der Waals surface area contributed by atoms with Crippen molar-refractivity contribution in [3.8, 4) is 23.0 Å². The van der Waals surface area contributed by atoms with Gasteiger partial charge in [0.05, 0.1) is 10.6 Å². The molecular weight excluding hydrogens is 535 g/mol. The number of hydrogen-bond acceptors (Lipinski definition) is 6. The minimum absolute atomic E-state index is 0.0512. The summed E-state index contributed by atoms with van der Waals surface area (Å²) in [5, 5.41) is 12.7. The summed E-state index contributed by atoms with van der Waals surface area (Å²) in [6.07, 6.45) is -1.37. The maximum Gasteiger partial charge on any atom is 0.417 e. The van der Waals surface area contributed by atoms with Crippen LogP contribution in [0.5, 0.6) is 11.5 Å². The molecule has 2 N–H and O–H groups in total. The SMILES string of the molecule is CC(Cn1cnnc1-c1cc(Oc2ccc(NC(=O)Nc3ccc(Cl)c(C(F)(F)F)c3)cc2)ccn1)N(C)C. The molecule has 2 amide bonds. The summed E-state index contributed by atoms with van der Waals surface area (Å²) < 4.78 is 47.0. The Morgan fingerprint density at radius 3 is 2.44 bits per heavy atom. The highest BCUT2D eigenvalue weighted by atomic mass is 35.5. The lowest BCUT2D eigenvalue weighted by molar-refractivity contribution is -0.137. The van der Waals surface area contributed by atoms with E-state index in [1.54, 1.807) is 48.9 Å². The summed E-state index contributed by atoms with van der Waals surface area (Å²) in [6, 6.07) is 12.6. The molecule has 4 aromatic rings. The van der Waals surface area contributed by atoms with Crippen molar-refractivity contribution in [2.75, 3.05) is 24.7 Å². The number of rotatable bonds is 8. The summed E-state index contributed by atoms with van der Waals surface area (Å²) in [5.74, 6) is 1.63. The number of benzene rings is 2.